The van der Waals surface area contributed by atoms with Crippen molar-refractivity contribution in [3.8, 4) is 17.2 Å². The standard InChI is InChI=1S/C20H23NO4/c1-23-17-7-4-15(5-8-17)3-2-10-21-20(22)14-16-6-9-18-19(13-16)25-12-11-24-18/h4-9,13H,2-3,10-12,14H2,1H3,(H,21,22). The first-order valence-electron chi connectivity index (χ1n) is 8.53. The van der Waals surface area contributed by atoms with Crippen LogP contribution in [0.2, 0.25) is 0 Å². The van der Waals surface area contributed by atoms with E-state index in [0.717, 1.165) is 35.7 Å². The first-order chi connectivity index (χ1) is 12.2. The van der Waals surface area contributed by atoms with Gasteiger partial charge < -0.3 is 19.5 Å². The SMILES string of the molecule is COc1ccc(CCCNC(=O)Cc2ccc3c(c2)OCCO3)cc1. The molecule has 0 saturated carbocycles. The van der Waals surface area contributed by atoms with Gasteiger partial charge in [-0.3, -0.25) is 4.79 Å². The third-order valence-corrected chi connectivity index (χ3v) is 4.09. The molecule has 0 radical (unpaired) electrons. The second-order valence-corrected chi connectivity index (χ2v) is 5.96. The molecule has 2 aromatic rings. The zero-order valence-corrected chi connectivity index (χ0v) is 14.4. The van der Waals surface area contributed by atoms with Crippen LogP contribution >= 0.6 is 0 Å². The topological polar surface area (TPSA) is 56.8 Å². The van der Waals surface area contributed by atoms with Gasteiger partial charge in [-0.1, -0.05) is 18.2 Å². The minimum absolute atomic E-state index is 0.0198. The third-order valence-electron chi connectivity index (χ3n) is 4.09. The van der Waals surface area contributed by atoms with Crippen molar-refractivity contribution >= 4 is 5.91 Å². The zero-order valence-electron chi connectivity index (χ0n) is 14.4. The highest BCUT2D eigenvalue weighted by molar-refractivity contribution is 5.78. The quantitative estimate of drug-likeness (QED) is 0.787. The number of hydrogen-bond acceptors (Lipinski definition) is 4. The van der Waals surface area contributed by atoms with E-state index in [1.807, 2.05) is 30.3 Å². The van der Waals surface area contributed by atoms with Crippen molar-refractivity contribution in [1.29, 1.82) is 0 Å². The van der Waals surface area contributed by atoms with Crippen molar-refractivity contribution in [2.24, 2.45) is 0 Å². The van der Waals surface area contributed by atoms with E-state index < -0.39 is 0 Å². The molecule has 0 bridgehead atoms. The number of nitrogens with one attached hydrogen (secondary N) is 1. The molecule has 132 valence electrons. The van der Waals surface area contributed by atoms with Crippen LogP contribution in [0.1, 0.15) is 17.5 Å². The van der Waals surface area contributed by atoms with Crippen molar-refractivity contribution < 1.29 is 19.0 Å². The largest absolute Gasteiger partial charge is 0.497 e. The van der Waals surface area contributed by atoms with Gasteiger partial charge in [-0.25, -0.2) is 0 Å². The molecular weight excluding hydrogens is 318 g/mol. The van der Waals surface area contributed by atoms with Crippen molar-refractivity contribution in [2.45, 2.75) is 19.3 Å². The van der Waals surface area contributed by atoms with Crippen LogP contribution in [-0.4, -0.2) is 32.8 Å². The van der Waals surface area contributed by atoms with Crippen LogP contribution in [0, 0.1) is 0 Å². The van der Waals surface area contributed by atoms with Gasteiger partial charge in [-0.05, 0) is 48.2 Å². The Morgan fingerprint density at radius 2 is 1.76 bits per heavy atom. The van der Waals surface area contributed by atoms with Crippen LogP contribution in [0.15, 0.2) is 42.5 Å². The second kappa shape index (κ2) is 8.42. The Morgan fingerprint density at radius 3 is 2.52 bits per heavy atom. The molecule has 5 heteroatoms. The summed E-state index contributed by atoms with van der Waals surface area (Å²) in [7, 11) is 1.66. The van der Waals surface area contributed by atoms with Crippen molar-refractivity contribution in [3.05, 3.63) is 53.6 Å². The summed E-state index contributed by atoms with van der Waals surface area (Å²) in [6.45, 7) is 1.78. The van der Waals surface area contributed by atoms with Gasteiger partial charge in [0.25, 0.3) is 0 Å². The van der Waals surface area contributed by atoms with E-state index in [2.05, 4.69) is 17.4 Å². The number of fused-ring (bicyclic) bond motifs is 1. The molecule has 3 rings (SSSR count). The zero-order chi connectivity index (χ0) is 17.5. The molecule has 0 saturated heterocycles. The summed E-state index contributed by atoms with van der Waals surface area (Å²) >= 11 is 0. The summed E-state index contributed by atoms with van der Waals surface area (Å²) in [5.41, 5.74) is 2.17. The van der Waals surface area contributed by atoms with Crippen LogP contribution in [-0.2, 0) is 17.6 Å². The van der Waals surface area contributed by atoms with Gasteiger partial charge in [-0.2, -0.15) is 0 Å². The average Bonchev–Trinajstić information content (AvgIpc) is 2.65. The fourth-order valence-electron chi connectivity index (χ4n) is 2.76. The molecular formula is C20H23NO4. The summed E-state index contributed by atoms with van der Waals surface area (Å²) in [4.78, 5) is 12.1. The molecule has 1 amide bonds. The molecule has 1 heterocycles. The number of amides is 1. The van der Waals surface area contributed by atoms with Crippen molar-refractivity contribution in [2.75, 3.05) is 26.9 Å². The number of aryl methyl sites for hydroxylation is 1. The summed E-state index contributed by atoms with van der Waals surface area (Å²) in [5.74, 6) is 2.34. The molecule has 1 N–H and O–H groups in total. The van der Waals surface area contributed by atoms with Gasteiger partial charge in [0.05, 0.1) is 13.5 Å². The molecule has 0 atom stereocenters. The molecule has 25 heavy (non-hydrogen) atoms. The van der Waals surface area contributed by atoms with Crippen LogP contribution in [0.3, 0.4) is 0 Å². The van der Waals surface area contributed by atoms with Crippen LogP contribution < -0.4 is 19.5 Å². The van der Waals surface area contributed by atoms with E-state index in [9.17, 15) is 4.79 Å². The molecule has 0 unspecified atom stereocenters. The number of methoxy groups -OCH3 is 1. The van der Waals surface area contributed by atoms with Crippen LogP contribution in [0.25, 0.3) is 0 Å². The Balaban J connectivity index is 1.40. The Bertz CT molecular complexity index is 712. The van der Waals surface area contributed by atoms with E-state index in [-0.39, 0.29) is 5.91 Å². The van der Waals surface area contributed by atoms with Gasteiger partial charge in [0, 0.05) is 6.54 Å². The highest BCUT2D eigenvalue weighted by Crippen LogP contribution is 2.30. The van der Waals surface area contributed by atoms with Crippen molar-refractivity contribution in [3.63, 3.8) is 0 Å². The minimum atomic E-state index is 0.0198. The number of ether oxygens (including phenoxy) is 3. The number of hydrogen-bond donors (Lipinski definition) is 1. The molecule has 1 aliphatic heterocycles. The first-order valence-corrected chi connectivity index (χ1v) is 8.53. The van der Waals surface area contributed by atoms with Crippen LogP contribution in [0.5, 0.6) is 17.2 Å². The molecule has 0 aromatic heterocycles. The van der Waals surface area contributed by atoms with E-state index in [1.165, 1.54) is 5.56 Å². The lowest BCUT2D eigenvalue weighted by atomic mass is 10.1. The van der Waals surface area contributed by atoms with Gasteiger partial charge in [0.15, 0.2) is 11.5 Å². The van der Waals surface area contributed by atoms with E-state index in [0.29, 0.717) is 26.2 Å². The highest BCUT2D eigenvalue weighted by atomic mass is 16.6. The maximum absolute atomic E-state index is 12.1. The molecule has 0 spiro atoms. The van der Waals surface area contributed by atoms with E-state index in [1.54, 1.807) is 7.11 Å². The normalized spacial score (nSPS) is 12.5. The monoisotopic (exact) mass is 341 g/mol. The molecule has 0 aliphatic carbocycles. The van der Waals surface area contributed by atoms with E-state index in [4.69, 9.17) is 14.2 Å². The Kier molecular flexibility index (Phi) is 5.77. The lowest BCUT2D eigenvalue weighted by Gasteiger charge is -2.18. The highest BCUT2D eigenvalue weighted by Gasteiger charge is 2.13. The lowest BCUT2D eigenvalue weighted by molar-refractivity contribution is -0.120. The summed E-state index contributed by atoms with van der Waals surface area (Å²) < 4.78 is 16.2. The summed E-state index contributed by atoms with van der Waals surface area (Å²) in [5, 5.41) is 2.97. The Hall–Kier alpha value is -2.69. The summed E-state index contributed by atoms with van der Waals surface area (Å²) in [6, 6.07) is 13.7. The fourth-order valence-corrected chi connectivity index (χ4v) is 2.76. The minimum Gasteiger partial charge on any atom is -0.497 e. The molecule has 5 nitrogen and oxygen atoms in total. The van der Waals surface area contributed by atoms with Gasteiger partial charge in [0.1, 0.15) is 19.0 Å². The number of carbonyl (C=O) groups excluding carboxylic acids is 1. The van der Waals surface area contributed by atoms with Crippen LogP contribution in [0.4, 0.5) is 0 Å². The fraction of sp³-hybridized carbons (Fsp3) is 0.350. The van der Waals surface area contributed by atoms with E-state index >= 15 is 0 Å². The summed E-state index contributed by atoms with van der Waals surface area (Å²) in [6.07, 6.45) is 2.17. The van der Waals surface area contributed by atoms with Gasteiger partial charge >= 0.3 is 0 Å². The average molecular weight is 341 g/mol. The lowest BCUT2D eigenvalue weighted by Crippen LogP contribution is -2.26. The van der Waals surface area contributed by atoms with Gasteiger partial charge in [-0.15, -0.1) is 0 Å². The van der Waals surface area contributed by atoms with Crippen molar-refractivity contribution in [1.82, 2.24) is 5.32 Å². The number of rotatable bonds is 7. The maximum Gasteiger partial charge on any atom is 0.224 e. The second-order valence-electron chi connectivity index (χ2n) is 5.96. The molecule has 1 aliphatic rings. The predicted octanol–water partition coefficient (Wildman–Crippen LogP) is 2.76. The smallest absolute Gasteiger partial charge is 0.224 e. The number of benzene rings is 2. The Labute approximate surface area is 147 Å². The Morgan fingerprint density at radius 1 is 1.04 bits per heavy atom. The van der Waals surface area contributed by atoms with Gasteiger partial charge in [0.2, 0.25) is 5.91 Å². The predicted molar refractivity (Wildman–Crippen MR) is 95.5 cm³/mol. The third kappa shape index (κ3) is 4.89. The molecule has 2 aromatic carbocycles. The number of carbonyl (C=O) groups is 1. The first kappa shape index (κ1) is 17.1. The molecule has 0 fully saturated rings. The maximum atomic E-state index is 12.1.